The van der Waals surface area contributed by atoms with Crippen LogP contribution < -0.4 is 5.56 Å². The van der Waals surface area contributed by atoms with Crippen LogP contribution >= 0.6 is 0 Å². The number of fused-ring (bicyclic) bond motifs is 1. The molecule has 8 heteroatoms. The third-order valence-corrected chi connectivity index (χ3v) is 5.01. The summed E-state index contributed by atoms with van der Waals surface area (Å²) in [6.07, 6.45) is 1.44. The Morgan fingerprint density at radius 3 is 2.37 bits per heavy atom. The molecular formula is C19H22N6O2. The second kappa shape index (κ2) is 6.62. The summed E-state index contributed by atoms with van der Waals surface area (Å²) in [6, 6.07) is 7.67. The van der Waals surface area contributed by atoms with Crippen molar-refractivity contribution in [1.82, 2.24) is 29.1 Å². The van der Waals surface area contributed by atoms with Gasteiger partial charge in [0, 0.05) is 33.2 Å². The highest BCUT2D eigenvalue weighted by Crippen LogP contribution is 2.20. The molecule has 3 aromatic rings. The molecule has 8 nitrogen and oxygen atoms in total. The largest absolute Gasteiger partial charge is 0.335 e. The van der Waals surface area contributed by atoms with Gasteiger partial charge in [-0.2, -0.15) is 5.10 Å². The second-order valence-corrected chi connectivity index (χ2v) is 7.05. The van der Waals surface area contributed by atoms with Gasteiger partial charge in [0.15, 0.2) is 11.2 Å². The summed E-state index contributed by atoms with van der Waals surface area (Å²) in [5.41, 5.74) is 2.50. The van der Waals surface area contributed by atoms with Gasteiger partial charge in [0.1, 0.15) is 5.52 Å². The van der Waals surface area contributed by atoms with E-state index < -0.39 is 0 Å². The average molecular weight is 366 g/mol. The van der Waals surface area contributed by atoms with E-state index in [9.17, 15) is 9.59 Å². The molecule has 27 heavy (non-hydrogen) atoms. The molecule has 1 aliphatic rings. The normalized spacial score (nSPS) is 15.4. The molecule has 0 N–H and O–H groups in total. The summed E-state index contributed by atoms with van der Waals surface area (Å²) in [7, 11) is 3.68. The van der Waals surface area contributed by atoms with Crippen LogP contribution in [0.15, 0.2) is 35.4 Å². The van der Waals surface area contributed by atoms with Crippen molar-refractivity contribution in [1.29, 1.82) is 0 Å². The Bertz CT molecular complexity index is 1060. The van der Waals surface area contributed by atoms with Crippen molar-refractivity contribution in [3.63, 3.8) is 0 Å². The predicted molar refractivity (Wildman–Crippen MR) is 102 cm³/mol. The van der Waals surface area contributed by atoms with Crippen LogP contribution in [0.25, 0.3) is 16.7 Å². The Morgan fingerprint density at radius 2 is 1.70 bits per heavy atom. The first-order valence-electron chi connectivity index (χ1n) is 8.95. The maximum atomic E-state index is 13.1. The minimum absolute atomic E-state index is 0.181. The van der Waals surface area contributed by atoms with Gasteiger partial charge in [-0.1, -0.05) is 17.7 Å². The van der Waals surface area contributed by atoms with Crippen molar-refractivity contribution < 1.29 is 4.79 Å². The Balaban J connectivity index is 1.87. The number of benzene rings is 1. The van der Waals surface area contributed by atoms with E-state index in [0.29, 0.717) is 24.1 Å². The zero-order valence-electron chi connectivity index (χ0n) is 15.7. The summed E-state index contributed by atoms with van der Waals surface area (Å²) >= 11 is 0. The van der Waals surface area contributed by atoms with Crippen molar-refractivity contribution in [2.45, 2.75) is 6.92 Å². The van der Waals surface area contributed by atoms with E-state index in [1.54, 1.807) is 11.9 Å². The quantitative estimate of drug-likeness (QED) is 0.671. The van der Waals surface area contributed by atoms with Crippen LogP contribution in [0.4, 0.5) is 0 Å². The molecule has 1 aliphatic heterocycles. The fourth-order valence-electron chi connectivity index (χ4n) is 3.26. The van der Waals surface area contributed by atoms with E-state index in [1.165, 1.54) is 15.6 Å². The summed E-state index contributed by atoms with van der Waals surface area (Å²) in [5, 5.41) is 4.52. The van der Waals surface area contributed by atoms with Crippen LogP contribution in [0.3, 0.4) is 0 Å². The number of hydrogen-bond acceptors (Lipinski definition) is 5. The molecule has 140 valence electrons. The third kappa shape index (κ3) is 3.02. The highest BCUT2D eigenvalue weighted by Gasteiger charge is 2.27. The van der Waals surface area contributed by atoms with Crippen molar-refractivity contribution in [3.8, 4) is 5.69 Å². The smallest absolute Gasteiger partial charge is 0.279 e. The number of aryl methyl sites for hydroxylation is 2. The van der Waals surface area contributed by atoms with Gasteiger partial charge in [0.05, 0.1) is 12.0 Å². The summed E-state index contributed by atoms with van der Waals surface area (Å²) in [6.45, 7) is 4.90. The molecule has 3 heterocycles. The SMILES string of the molecule is Cc1ccc(-n2nc(C(=O)N3CCN(C)CC3)c3ncn(C)c(=O)c32)cc1. The fraction of sp³-hybridized carbons (Fsp3) is 0.368. The van der Waals surface area contributed by atoms with Gasteiger partial charge in [0.25, 0.3) is 11.5 Å². The van der Waals surface area contributed by atoms with Crippen molar-refractivity contribution in [2.24, 2.45) is 7.05 Å². The van der Waals surface area contributed by atoms with E-state index in [2.05, 4.69) is 15.0 Å². The molecule has 0 unspecified atom stereocenters. The molecule has 1 aromatic carbocycles. The topological polar surface area (TPSA) is 76.3 Å². The second-order valence-electron chi connectivity index (χ2n) is 7.05. The van der Waals surface area contributed by atoms with Gasteiger partial charge in [-0.15, -0.1) is 0 Å². The van der Waals surface area contributed by atoms with Crippen LogP contribution in [0.5, 0.6) is 0 Å². The number of aromatic nitrogens is 4. The molecule has 2 aromatic heterocycles. The van der Waals surface area contributed by atoms with Crippen LogP contribution in [0, 0.1) is 6.92 Å². The Labute approximate surface area is 156 Å². The van der Waals surface area contributed by atoms with E-state index in [4.69, 9.17) is 0 Å². The molecule has 0 aliphatic carbocycles. The summed E-state index contributed by atoms with van der Waals surface area (Å²) in [5.74, 6) is -0.181. The maximum Gasteiger partial charge on any atom is 0.279 e. The van der Waals surface area contributed by atoms with Crippen LogP contribution in [-0.2, 0) is 7.05 Å². The molecule has 1 fully saturated rings. The summed E-state index contributed by atoms with van der Waals surface area (Å²) in [4.78, 5) is 34.2. The van der Waals surface area contributed by atoms with Gasteiger partial charge in [0.2, 0.25) is 0 Å². The summed E-state index contributed by atoms with van der Waals surface area (Å²) < 4.78 is 2.94. The average Bonchev–Trinajstić information content (AvgIpc) is 3.05. The van der Waals surface area contributed by atoms with Crippen LogP contribution in [-0.4, -0.2) is 68.3 Å². The lowest BCUT2D eigenvalue weighted by Gasteiger charge is -2.31. The van der Waals surface area contributed by atoms with Gasteiger partial charge in [-0.05, 0) is 26.1 Å². The van der Waals surface area contributed by atoms with E-state index in [1.807, 2.05) is 38.2 Å². The first-order chi connectivity index (χ1) is 13.0. The first-order valence-corrected chi connectivity index (χ1v) is 8.95. The molecule has 0 radical (unpaired) electrons. The van der Waals surface area contributed by atoms with Crippen molar-refractivity contribution in [2.75, 3.05) is 33.2 Å². The molecule has 0 atom stereocenters. The number of rotatable bonds is 2. The lowest BCUT2D eigenvalue weighted by Crippen LogP contribution is -2.47. The van der Waals surface area contributed by atoms with Crippen LogP contribution in [0.2, 0.25) is 0 Å². The van der Waals surface area contributed by atoms with Crippen molar-refractivity contribution >= 4 is 16.9 Å². The first kappa shape index (κ1) is 17.4. The molecule has 1 saturated heterocycles. The van der Waals surface area contributed by atoms with Crippen molar-refractivity contribution in [3.05, 3.63) is 52.2 Å². The van der Waals surface area contributed by atoms with E-state index in [-0.39, 0.29) is 17.2 Å². The van der Waals surface area contributed by atoms with Gasteiger partial charge < -0.3 is 14.4 Å². The molecular weight excluding hydrogens is 344 g/mol. The number of carbonyl (C=O) groups is 1. The van der Waals surface area contributed by atoms with E-state index in [0.717, 1.165) is 24.3 Å². The van der Waals surface area contributed by atoms with E-state index >= 15 is 0 Å². The minimum Gasteiger partial charge on any atom is -0.335 e. The van der Waals surface area contributed by atoms with Gasteiger partial charge in [-0.3, -0.25) is 9.59 Å². The predicted octanol–water partition coefficient (Wildman–Crippen LogP) is 0.815. The monoisotopic (exact) mass is 366 g/mol. The Morgan fingerprint density at radius 1 is 1.04 bits per heavy atom. The molecule has 1 amide bonds. The number of carbonyl (C=O) groups excluding carboxylic acids is 1. The number of likely N-dealkylation sites (N-methyl/N-ethyl adjacent to an activating group) is 1. The molecule has 0 bridgehead atoms. The molecule has 4 rings (SSSR count). The van der Waals surface area contributed by atoms with Crippen LogP contribution in [0.1, 0.15) is 16.1 Å². The highest BCUT2D eigenvalue weighted by atomic mass is 16.2. The number of amides is 1. The number of piperazine rings is 1. The minimum atomic E-state index is -0.231. The van der Waals surface area contributed by atoms with Gasteiger partial charge in [-0.25, -0.2) is 9.67 Å². The standard InChI is InChI=1S/C19H22N6O2/c1-13-4-6-14(7-5-13)25-17-15(20-12-23(3)19(17)27)16(21-25)18(26)24-10-8-22(2)9-11-24/h4-7,12H,8-11H2,1-3H3. The Kier molecular flexibility index (Phi) is 4.27. The molecule has 0 saturated carbocycles. The lowest BCUT2D eigenvalue weighted by molar-refractivity contribution is 0.0659. The zero-order valence-corrected chi connectivity index (χ0v) is 15.7. The highest BCUT2D eigenvalue weighted by molar-refractivity contribution is 6.03. The lowest BCUT2D eigenvalue weighted by atomic mass is 10.2. The maximum absolute atomic E-state index is 13.1. The molecule has 0 spiro atoms. The third-order valence-electron chi connectivity index (χ3n) is 5.01. The zero-order chi connectivity index (χ0) is 19.1. The fourth-order valence-corrected chi connectivity index (χ4v) is 3.26. The van der Waals surface area contributed by atoms with Gasteiger partial charge >= 0.3 is 0 Å². The number of nitrogens with zero attached hydrogens (tertiary/aromatic N) is 6. The number of hydrogen-bond donors (Lipinski definition) is 0. The Hall–Kier alpha value is -3.00.